The summed E-state index contributed by atoms with van der Waals surface area (Å²) >= 11 is 0. The molecule has 1 N–H and O–H groups in total. The van der Waals surface area contributed by atoms with Crippen molar-refractivity contribution in [3.05, 3.63) is 41.7 Å². The number of anilines is 1. The van der Waals surface area contributed by atoms with Crippen LogP contribution in [0.1, 0.15) is 24.2 Å². The monoisotopic (exact) mass is 245 g/mol. The molecule has 18 heavy (non-hydrogen) atoms. The Morgan fingerprint density at radius 2 is 1.94 bits per heavy atom. The van der Waals surface area contributed by atoms with E-state index >= 15 is 0 Å². The summed E-state index contributed by atoms with van der Waals surface area (Å²) in [5.74, 6) is 1.76. The van der Waals surface area contributed by atoms with E-state index in [4.69, 9.17) is 4.74 Å². The first kappa shape index (κ1) is 12.5. The van der Waals surface area contributed by atoms with Crippen LogP contribution in [-0.4, -0.2) is 16.7 Å². The van der Waals surface area contributed by atoms with Crippen LogP contribution in [0.25, 0.3) is 0 Å². The zero-order valence-corrected chi connectivity index (χ0v) is 11.3. The minimum atomic E-state index is 0.205. The van der Waals surface area contributed by atoms with E-state index in [1.807, 2.05) is 36.9 Å². The zero-order valence-electron chi connectivity index (χ0n) is 11.3. The van der Waals surface area contributed by atoms with Crippen molar-refractivity contribution in [2.24, 2.45) is 7.05 Å². The molecule has 0 aliphatic heterocycles. The number of ether oxygens (including phenoxy) is 1. The summed E-state index contributed by atoms with van der Waals surface area (Å²) in [4.78, 5) is 4.44. The summed E-state index contributed by atoms with van der Waals surface area (Å²) in [5.41, 5.74) is 2.22. The Morgan fingerprint density at radius 3 is 2.44 bits per heavy atom. The Labute approximate surface area is 108 Å². The van der Waals surface area contributed by atoms with Crippen molar-refractivity contribution in [1.82, 2.24) is 9.55 Å². The molecule has 1 aromatic carbocycles. The van der Waals surface area contributed by atoms with E-state index in [0.29, 0.717) is 0 Å². The van der Waals surface area contributed by atoms with Crippen LogP contribution >= 0.6 is 0 Å². The fourth-order valence-corrected chi connectivity index (χ4v) is 1.92. The van der Waals surface area contributed by atoms with Gasteiger partial charge in [0.1, 0.15) is 5.75 Å². The van der Waals surface area contributed by atoms with Gasteiger partial charge in [0.2, 0.25) is 5.95 Å². The molecule has 0 bridgehead atoms. The van der Waals surface area contributed by atoms with Crippen LogP contribution < -0.4 is 10.1 Å². The molecular formula is C14H19N3O. The highest BCUT2D eigenvalue weighted by atomic mass is 16.5. The van der Waals surface area contributed by atoms with Gasteiger partial charge in [-0.05, 0) is 31.5 Å². The van der Waals surface area contributed by atoms with Crippen LogP contribution in [0, 0.1) is 6.92 Å². The summed E-state index contributed by atoms with van der Waals surface area (Å²) in [5, 5.41) is 3.40. The molecule has 0 spiro atoms. The molecule has 2 rings (SSSR count). The third kappa shape index (κ3) is 2.64. The summed E-state index contributed by atoms with van der Waals surface area (Å²) in [6.45, 7) is 4.11. The highest BCUT2D eigenvalue weighted by Crippen LogP contribution is 2.20. The number of hydrogen-bond acceptors (Lipinski definition) is 3. The summed E-state index contributed by atoms with van der Waals surface area (Å²) in [7, 11) is 3.66. The van der Waals surface area contributed by atoms with Gasteiger partial charge >= 0.3 is 0 Å². The molecule has 0 saturated heterocycles. The lowest BCUT2D eigenvalue weighted by atomic mass is 10.1. The Bertz CT molecular complexity index is 516. The maximum Gasteiger partial charge on any atom is 0.203 e. The maximum absolute atomic E-state index is 5.15. The predicted molar refractivity (Wildman–Crippen MR) is 73.0 cm³/mol. The van der Waals surface area contributed by atoms with Crippen LogP contribution in [0.3, 0.4) is 0 Å². The number of aromatic nitrogens is 2. The summed E-state index contributed by atoms with van der Waals surface area (Å²) < 4.78 is 7.15. The van der Waals surface area contributed by atoms with E-state index in [1.54, 1.807) is 7.11 Å². The number of imidazole rings is 1. The van der Waals surface area contributed by atoms with Gasteiger partial charge in [-0.15, -0.1) is 0 Å². The van der Waals surface area contributed by atoms with Crippen molar-refractivity contribution >= 4 is 5.95 Å². The van der Waals surface area contributed by atoms with Crippen molar-refractivity contribution in [3.63, 3.8) is 0 Å². The fourth-order valence-electron chi connectivity index (χ4n) is 1.92. The molecule has 1 unspecified atom stereocenters. The molecule has 0 fully saturated rings. The molecule has 0 aliphatic rings. The van der Waals surface area contributed by atoms with E-state index in [-0.39, 0.29) is 6.04 Å². The molecule has 1 heterocycles. The molecule has 0 aliphatic carbocycles. The van der Waals surface area contributed by atoms with Gasteiger partial charge in [0.25, 0.3) is 0 Å². The minimum absolute atomic E-state index is 0.205. The number of hydrogen-bond donors (Lipinski definition) is 1. The number of benzene rings is 1. The molecule has 0 amide bonds. The standard InChI is InChI=1S/C14H19N3O/c1-10-9-17(3)14(15-10)16-11(2)12-5-7-13(18-4)8-6-12/h5-9,11H,1-4H3,(H,15,16). The van der Waals surface area contributed by atoms with E-state index in [0.717, 1.165) is 17.4 Å². The highest BCUT2D eigenvalue weighted by molar-refractivity contribution is 5.36. The van der Waals surface area contributed by atoms with Crippen LogP contribution in [0.15, 0.2) is 30.5 Å². The average Bonchev–Trinajstić information content (AvgIpc) is 2.68. The molecule has 0 radical (unpaired) electrons. The SMILES string of the molecule is COc1ccc(C(C)Nc2nc(C)cn2C)cc1. The van der Waals surface area contributed by atoms with Gasteiger partial charge in [0, 0.05) is 13.2 Å². The van der Waals surface area contributed by atoms with Crippen molar-refractivity contribution < 1.29 is 4.74 Å². The quantitative estimate of drug-likeness (QED) is 0.900. The molecule has 96 valence electrons. The van der Waals surface area contributed by atoms with E-state index in [9.17, 15) is 0 Å². The molecule has 4 nitrogen and oxygen atoms in total. The number of nitrogens with one attached hydrogen (secondary N) is 1. The number of rotatable bonds is 4. The first-order valence-corrected chi connectivity index (χ1v) is 6.00. The Morgan fingerprint density at radius 1 is 1.28 bits per heavy atom. The Hall–Kier alpha value is -1.97. The Balaban J connectivity index is 2.11. The minimum Gasteiger partial charge on any atom is -0.497 e. The van der Waals surface area contributed by atoms with Crippen LogP contribution in [0.2, 0.25) is 0 Å². The topological polar surface area (TPSA) is 39.1 Å². The zero-order chi connectivity index (χ0) is 13.1. The Kier molecular flexibility index (Phi) is 3.55. The van der Waals surface area contributed by atoms with Crippen LogP contribution in [0.5, 0.6) is 5.75 Å². The van der Waals surface area contributed by atoms with Gasteiger partial charge < -0.3 is 14.6 Å². The van der Waals surface area contributed by atoms with Crippen molar-refractivity contribution in [1.29, 1.82) is 0 Å². The molecule has 2 aromatic rings. The molecule has 0 saturated carbocycles. The van der Waals surface area contributed by atoms with Gasteiger partial charge in [0.05, 0.1) is 18.8 Å². The normalized spacial score (nSPS) is 12.2. The molecule has 1 aromatic heterocycles. The largest absolute Gasteiger partial charge is 0.497 e. The number of aryl methyl sites for hydroxylation is 2. The number of methoxy groups -OCH3 is 1. The second-order valence-corrected chi connectivity index (χ2v) is 4.46. The average molecular weight is 245 g/mol. The second kappa shape index (κ2) is 5.12. The van der Waals surface area contributed by atoms with Crippen molar-refractivity contribution in [2.75, 3.05) is 12.4 Å². The first-order valence-electron chi connectivity index (χ1n) is 6.00. The van der Waals surface area contributed by atoms with Gasteiger partial charge in [-0.25, -0.2) is 4.98 Å². The lowest BCUT2D eigenvalue weighted by Gasteiger charge is -2.15. The van der Waals surface area contributed by atoms with Crippen LogP contribution in [0.4, 0.5) is 5.95 Å². The fraction of sp³-hybridized carbons (Fsp3) is 0.357. The predicted octanol–water partition coefficient (Wildman–Crippen LogP) is 2.91. The summed E-state index contributed by atoms with van der Waals surface area (Å²) in [6, 6.07) is 8.27. The third-order valence-corrected chi connectivity index (χ3v) is 2.96. The molecule has 4 heteroatoms. The van der Waals surface area contributed by atoms with Crippen molar-refractivity contribution in [2.45, 2.75) is 19.9 Å². The van der Waals surface area contributed by atoms with E-state index in [1.165, 1.54) is 5.56 Å². The smallest absolute Gasteiger partial charge is 0.203 e. The van der Waals surface area contributed by atoms with Crippen molar-refractivity contribution in [3.8, 4) is 5.75 Å². The van der Waals surface area contributed by atoms with Gasteiger partial charge in [0.15, 0.2) is 0 Å². The van der Waals surface area contributed by atoms with Gasteiger partial charge in [-0.1, -0.05) is 12.1 Å². The number of nitrogens with zero attached hydrogens (tertiary/aromatic N) is 2. The maximum atomic E-state index is 5.15. The molecular weight excluding hydrogens is 226 g/mol. The van der Waals surface area contributed by atoms with Gasteiger partial charge in [-0.3, -0.25) is 0 Å². The highest BCUT2D eigenvalue weighted by Gasteiger charge is 2.09. The lowest BCUT2D eigenvalue weighted by molar-refractivity contribution is 0.414. The first-order chi connectivity index (χ1) is 8.60. The van der Waals surface area contributed by atoms with E-state index in [2.05, 4.69) is 29.4 Å². The van der Waals surface area contributed by atoms with E-state index < -0.39 is 0 Å². The molecule has 1 atom stereocenters. The summed E-state index contributed by atoms with van der Waals surface area (Å²) in [6.07, 6.45) is 2.00. The van der Waals surface area contributed by atoms with Gasteiger partial charge in [-0.2, -0.15) is 0 Å². The van der Waals surface area contributed by atoms with Crippen LogP contribution in [-0.2, 0) is 7.05 Å². The third-order valence-electron chi connectivity index (χ3n) is 2.96. The lowest BCUT2D eigenvalue weighted by Crippen LogP contribution is -2.10. The second-order valence-electron chi connectivity index (χ2n) is 4.46.